The van der Waals surface area contributed by atoms with Crippen LogP contribution in [0.15, 0.2) is 24.3 Å². The van der Waals surface area contributed by atoms with Gasteiger partial charge in [0.1, 0.15) is 6.17 Å². The molecular weight excluding hydrogens is 224 g/mol. The molecule has 1 aliphatic heterocycles. The predicted octanol–water partition coefficient (Wildman–Crippen LogP) is 2.47. The lowest BCUT2D eigenvalue weighted by Crippen LogP contribution is -2.31. The highest BCUT2D eigenvalue weighted by atomic mass is 16.2. The molecule has 0 bridgehead atoms. The predicted molar refractivity (Wildman–Crippen MR) is 73.1 cm³/mol. The van der Waals surface area contributed by atoms with E-state index in [0.29, 0.717) is 12.5 Å². The summed E-state index contributed by atoms with van der Waals surface area (Å²) in [6.45, 7) is 7.75. The second-order valence-electron chi connectivity index (χ2n) is 5.47. The lowest BCUT2D eigenvalue weighted by molar-refractivity contribution is -0.128. The van der Waals surface area contributed by atoms with Crippen LogP contribution in [-0.2, 0) is 4.79 Å². The first-order valence-corrected chi connectivity index (χ1v) is 6.67. The molecule has 1 aliphatic rings. The van der Waals surface area contributed by atoms with Crippen molar-refractivity contribution in [1.82, 2.24) is 10.2 Å². The van der Waals surface area contributed by atoms with Crippen molar-refractivity contribution in [2.45, 2.75) is 33.4 Å². The average molecular weight is 246 g/mol. The van der Waals surface area contributed by atoms with Gasteiger partial charge in [-0.25, -0.2) is 0 Å². The third-order valence-corrected chi connectivity index (χ3v) is 3.38. The van der Waals surface area contributed by atoms with Gasteiger partial charge in [-0.2, -0.15) is 0 Å². The summed E-state index contributed by atoms with van der Waals surface area (Å²) in [7, 11) is 0. The minimum atomic E-state index is 0.0520. The normalized spacial score (nSPS) is 19.9. The molecule has 1 fully saturated rings. The zero-order chi connectivity index (χ0) is 13.1. The molecule has 3 nitrogen and oxygen atoms in total. The van der Waals surface area contributed by atoms with Gasteiger partial charge in [-0.15, -0.1) is 0 Å². The Morgan fingerprint density at radius 1 is 1.44 bits per heavy atom. The molecule has 1 aromatic carbocycles. The van der Waals surface area contributed by atoms with Crippen LogP contribution < -0.4 is 5.32 Å². The van der Waals surface area contributed by atoms with E-state index < -0.39 is 0 Å². The molecule has 2 rings (SSSR count). The number of hydrogen-bond acceptors (Lipinski definition) is 2. The van der Waals surface area contributed by atoms with Gasteiger partial charge in [0.05, 0.1) is 6.54 Å². The van der Waals surface area contributed by atoms with Crippen LogP contribution in [0, 0.1) is 12.8 Å². The fraction of sp³-hybridized carbons (Fsp3) is 0.533. The van der Waals surface area contributed by atoms with Crippen LogP contribution in [0.2, 0.25) is 0 Å². The van der Waals surface area contributed by atoms with Gasteiger partial charge in [0.15, 0.2) is 0 Å². The molecule has 0 aromatic heterocycles. The largest absolute Gasteiger partial charge is 0.322 e. The maximum atomic E-state index is 11.9. The lowest BCUT2D eigenvalue weighted by Gasteiger charge is -2.25. The van der Waals surface area contributed by atoms with E-state index in [0.717, 1.165) is 13.0 Å². The molecule has 1 aromatic rings. The van der Waals surface area contributed by atoms with Crippen LogP contribution in [0.3, 0.4) is 0 Å². The molecule has 1 N–H and O–H groups in total. The van der Waals surface area contributed by atoms with Gasteiger partial charge in [0.25, 0.3) is 0 Å². The van der Waals surface area contributed by atoms with Crippen molar-refractivity contribution in [2.24, 2.45) is 5.92 Å². The van der Waals surface area contributed by atoms with Crippen molar-refractivity contribution < 1.29 is 4.79 Å². The number of rotatable bonds is 4. The van der Waals surface area contributed by atoms with E-state index in [1.165, 1.54) is 11.1 Å². The van der Waals surface area contributed by atoms with Gasteiger partial charge in [-0.05, 0) is 24.8 Å². The van der Waals surface area contributed by atoms with E-state index in [2.05, 4.69) is 50.4 Å². The van der Waals surface area contributed by atoms with Gasteiger partial charge in [0, 0.05) is 6.54 Å². The van der Waals surface area contributed by atoms with Gasteiger partial charge in [0.2, 0.25) is 5.91 Å². The van der Waals surface area contributed by atoms with Crippen LogP contribution >= 0.6 is 0 Å². The fourth-order valence-corrected chi connectivity index (χ4v) is 2.33. The highest BCUT2D eigenvalue weighted by molar-refractivity contribution is 5.80. The van der Waals surface area contributed by atoms with Gasteiger partial charge < -0.3 is 4.90 Å². The summed E-state index contributed by atoms with van der Waals surface area (Å²) in [6, 6.07) is 8.37. The SMILES string of the molecule is Cc1cccc(C2NCC(=O)N2CCC(C)C)c1. The topological polar surface area (TPSA) is 32.3 Å². The van der Waals surface area contributed by atoms with Crippen molar-refractivity contribution in [2.75, 3.05) is 13.1 Å². The molecule has 98 valence electrons. The highest BCUT2D eigenvalue weighted by Gasteiger charge is 2.31. The second-order valence-corrected chi connectivity index (χ2v) is 5.47. The Morgan fingerprint density at radius 3 is 2.89 bits per heavy atom. The van der Waals surface area contributed by atoms with Crippen molar-refractivity contribution >= 4 is 5.91 Å². The first-order chi connectivity index (χ1) is 8.58. The molecule has 0 aliphatic carbocycles. The lowest BCUT2D eigenvalue weighted by atomic mass is 10.1. The molecule has 1 unspecified atom stereocenters. The molecule has 1 saturated heterocycles. The Morgan fingerprint density at radius 2 is 2.22 bits per heavy atom. The summed E-state index contributed by atoms with van der Waals surface area (Å²) in [6.07, 6.45) is 1.10. The molecule has 1 atom stereocenters. The van der Waals surface area contributed by atoms with Crippen LogP contribution in [0.25, 0.3) is 0 Å². The van der Waals surface area contributed by atoms with Crippen molar-refractivity contribution in [3.63, 3.8) is 0 Å². The molecular formula is C15H22N2O. The van der Waals surface area contributed by atoms with Crippen LogP contribution in [0.1, 0.15) is 37.6 Å². The summed E-state index contributed by atoms with van der Waals surface area (Å²) in [5.74, 6) is 0.832. The number of carbonyl (C=O) groups excluding carboxylic acids is 1. The highest BCUT2D eigenvalue weighted by Crippen LogP contribution is 2.23. The third-order valence-electron chi connectivity index (χ3n) is 3.38. The minimum Gasteiger partial charge on any atom is -0.322 e. The molecule has 3 heteroatoms. The zero-order valence-electron chi connectivity index (χ0n) is 11.4. The molecule has 0 saturated carbocycles. The van der Waals surface area contributed by atoms with Gasteiger partial charge >= 0.3 is 0 Å². The summed E-state index contributed by atoms with van der Waals surface area (Å²) >= 11 is 0. The first-order valence-electron chi connectivity index (χ1n) is 6.67. The number of benzene rings is 1. The average Bonchev–Trinajstić information content (AvgIpc) is 2.68. The number of amides is 1. The van der Waals surface area contributed by atoms with Gasteiger partial charge in [-0.3, -0.25) is 10.1 Å². The Kier molecular flexibility index (Phi) is 4.02. The number of carbonyl (C=O) groups is 1. The number of nitrogens with one attached hydrogen (secondary N) is 1. The third kappa shape index (κ3) is 2.91. The van der Waals surface area contributed by atoms with Crippen LogP contribution in [0.4, 0.5) is 0 Å². The quantitative estimate of drug-likeness (QED) is 0.885. The summed E-state index contributed by atoms with van der Waals surface area (Å²) in [4.78, 5) is 13.9. The monoisotopic (exact) mass is 246 g/mol. The number of aryl methyl sites for hydroxylation is 1. The number of nitrogens with zero attached hydrogens (tertiary/aromatic N) is 1. The Balaban J connectivity index is 2.13. The maximum Gasteiger partial charge on any atom is 0.238 e. The van der Waals surface area contributed by atoms with Crippen molar-refractivity contribution in [3.05, 3.63) is 35.4 Å². The molecule has 1 amide bonds. The summed E-state index contributed by atoms with van der Waals surface area (Å²) in [5, 5.41) is 3.30. The fourth-order valence-electron chi connectivity index (χ4n) is 2.33. The van der Waals surface area contributed by atoms with E-state index >= 15 is 0 Å². The zero-order valence-corrected chi connectivity index (χ0v) is 11.4. The van der Waals surface area contributed by atoms with Crippen molar-refractivity contribution in [3.8, 4) is 0 Å². The molecule has 18 heavy (non-hydrogen) atoms. The summed E-state index contributed by atoms with van der Waals surface area (Å²) < 4.78 is 0. The molecule has 1 heterocycles. The Bertz CT molecular complexity index is 428. The smallest absolute Gasteiger partial charge is 0.238 e. The minimum absolute atomic E-state index is 0.0520. The molecule has 0 radical (unpaired) electrons. The maximum absolute atomic E-state index is 11.9. The number of hydrogen-bond donors (Lipinski definition) is 1. The van der Waals surface area contributed by atoms with E-state index in [-0.39, 0.29) is 12.1 Å². The molecule has 0 spiro atoms. The van der Waals surface area contributed by atoms with Gasteiger partial charge in [-0.1, -0.05) is 43.7 Å². The first kappa shape index (κ1) is 13.1. The van der Waals surface area contributed by atoms with E-state index in [1.54, 1.807) is 0 Å². The second kappa shape index (κ2) is 5.53. The Labute approximate surface area is 109 Å². The van der Waals surface area contributed by atoms with Crippen LogP contribution in [-0.4, -0.2) is 23.9 Å². The van der Waals surface area contributed by atoms with E-state index in [9.17, 15) is 4.79 Å². The van der Waals surface area contributed by atoms with Crippen molar-refractivity contribution in [1.29, 1.82) is 0 Å². The van der Waals surface area contributed by atoms with Crippen LogP contribution in [0.5, 0.6) is 0 Å². The van der Waals surface area contributed by atoms with E-state index in [4.69, 9.17) is 0 Å². The van der Waals surface area contributed by atoms with E-state index in [1.807, 2.05) is 4.90 Å². The summed E-state index contributed by atoms with van der Waals surface area (Å²) in [5.41, 5.74) is 2.42. The standard InChI is InChI=1S/C15H22N2O/c1-11(2)7-8-17-14(18)10-16-15(17)13-6-4-5-12(3)9-13/h4-6,9,11,15-16H,7-8,10H2,1-3H3. The Hall–Kier alpha value is -1.35.